The smallest absolute Gasteiger partial charge is 0.433 e. The Balaban J connectivity index is 2.81. The van der Waals surface area contributed by atoms with Gasteiger partial charge in [0.15, 0.2) is 0 Å². The minimum Gasteiger partial charge on any atom is -0.872 e. The van der Waals surface area contributed by atoms with Gasteiger partial charge in [-0.15, -0.1) is 0 Å². The molecular formula is C10H4F4NO-. The number of rotatable bonds is 0. The van der Waals surface area contributed by atoms with E-state index in [1.165, 1.54) is 12.1 Å². The fraction of sp³-hybridized carbons (Fsp3) is 0.100. The number of aromatic nitrogens is 1. The van der Waals surface area contributed by atoms with E-state index in [0.717, 1.165) is 6.07 Å². The fourth-order valence-corrected chi connectivity index (χ4v) is 1.33. The Morgan fingerprint density at radius 2 is 1.88 bits per heavy atom. The summed E-state index contributed by atoms with van der Waals surface area (Å²) in [5.41, 5.74) is -1.93. The van der Waals surface area contributed by atoms with Crippen molar-refractivity contribution in [3.63, 3.8) is 0 Å². The standard InChI is InChI=1S/C10H5F4NO/c11-6-3-1-2-5-7(16)4-8(10(12,13)14)15-9(5)6/h1-4H,(H,15,16)/p-1. The van der Waals surface area contributed by atoms with Gasteiger partial charge >= 0.3 is 6.18 Å². The van der Waals surface area contributed by atoms with Crippen LogP contribution in [-0.4, -0.2) is 4.98 Å². The lowest BCUT2D eigenvalue weighted by molar-refractivity contribution is -0.266. The van der Waals surface area contributed by atoms with Crippen LogP contribution in [0.15, 0.2) is 24.3 Å². The molecule has 0 N–H and O–H groups in total. The van der Waals surface area contributed by atoms with E-state index in [-0.39, 0.29) is 5.39 Å². The van der Waals surface area contributed by atoms with E-state index in [0.29, 0.717) is 6.07 Å². The third-order valence-electron chi connectivity index (χ3n) is 2.04. The van der Waals surface area contributed by atoms with Crippen LogP contribution in [0.1, 0.15) is 5.69 Å². The average molecular weight is 230 g/mol. The number of alkyl halides is 3. The first kappa shape index (κ1) is 10.7. The van der Waals surface area contributed by atoms with E-state index in [1.807, 2.05) is 0 Å². The van der Waals surface area contributed by atoms with Crippen LogP contribution < -0.4 is 5.11 Å². The number of benzene rings is 1. The van der Waals surface area contributed by atoms with Gasteiger partial charge in [-0.2, -0.15) is 13.2 Å². The predicted molar refractivity (Wildman–Crippen MR) is 46.1 cm³/mol. The third kappa shape index (κ3) is 1.66. The van der Waals surface area contributed by atoms with Crippen molar-refractivity contribution in [2.45, 2.75) is 6.18 Å². The van der Waals surface area contributed by atoms with Crippen molar-refractivity contribution >= 4 is 10.9 Å². The summed E-state index contributed by atoms with van der Waals surface area (Å²) >= 11 is 0. The number of hydrogen-bond acceptors (Lipinski definition) is 2. The second-order valence-electron chi connectivity index (χ2n) is 3.14. The second kappa shape index (κ2) is 3.33. The summed E-state index contributed by atoms with van der Waals surface area (Å²) in [5, 5.41) is 11.1. The van der Waals surface area contributed by atoms with Crippen molar-refractivity contribution < 1.29 is 22.7 Å². The molecule has 84 valence electrons. The summed E-state index contributed by atoms with van der Waals surface area (Å²) in [7, 11) is 0. The monoisotopic (exact) mass is 230 g/mol. The molecule has 0 aliphatic rings. The highest BCUT2D eigenvalue weighted by molar-refractivity contribution is 5.85. The maximum Gasteiger partial charge on any atom is 0.433 e. The number of halogens is 4. The molecule has 1 heterocycles. The Morgan fingerprint density at radius 3 is 2.50 bits per heavy atom. The molecule has 0 bridgehead atoms. The maximum atomic E-state index is 13.2. The first-order valence-corrected chi connectivity index (χ1v) is 4.23. The molecule has 2 nitrogen and oxygen atoms in total. The Morgan fingerprint density at radius 1 is 1.19 bits per heavy atom. The zero-order valence-electron chi connectivity index (χ0n) is 7.68. The van der Waals surface area contributed by atoms with Crippen molar-refractivity contribution in [1.29, 1.82) is 0 Å². The Hall–Kier alpha value is -1.85. The molecule has 0 aliphatic heterocycles. The summed E-state index contributed by atoms with van der Waals surface area (Å²) in [4.78, 5) is 3.11. The normalized spacial score (nSPS) is 12.0. The van der Waals surface area contributed by atoms with Crippen LogP contribution in [0.3, 0.4) is 0 Å². The van der Waals surface area contributed by atoms with Crippen molar-refractivity contribution in [2.24, 2.45) is 0 Å². The number of nitrogens with zero attached hydrogens (tertiary/aromatic N) is 1. The molecular weight excluding hydrogens is 226 g/mol. The predicted octanol–water partition coefficient (Wildman–Crippen LogP) is 2.47. The molecule has 0 saturated heterocycles. The SMILES string of the molecule is [O-]c1cc(C(F)(F)F)nc2c(F)cccc12. The largest absolute Gasteiger partial charge is 0.872 e. The molecule has 1 aromatic carbocycles. The van der Waals surface area contributed by atoms with E-state index in [1.54, 1.807) is 0 Å². The topological polar surface area (TPSA) is 36.0 Å². The van der Waals surface area contributed by atoms with Gasteiger partial charge in [-0.05, 0) is 17.5 Å². The lowest BCUT2D eigenvalue weighted by atomic mass is 10.1. The van der Waals surface area contributed by atoms with E-state index in [2.05, 4.69) is 4.98 Å². The van der Waals surface area contributed by atoms with E-state index in [9.17, 15) is 22.7 Å². The molecule has 6 heteroatoms. The van der Waals surface area contributed by atoms with Crippen molar-refractivity contribution in [3.8, 4) is 5.75 Å². The molecule has 0 radical (unpaired) electrons. The van der Waals surface area contributed by atoms with Crippen molar-refractivity contribution in [2.75, 3.05) is 0 Å². The van der Waals surface area contributed by atoms with Crippen LogP contribution in [0.25, 0.3) is 10.9 Å². The van der Waals surface area contributed by atoms with Gasteiger partial charge in [0, 0.05) is 0 Å². The Labute approximate surface area is 87.2 Å². The molecule has 16 heavy (non-hydrogen) atoms. The summed E-state index contributed by atoms with van der Waals surface area (Å²) in [6.07, 6.45) is -4.75. The van der Waals surface area contributed by atoms with Crippen molar-refractivity contribution in [3.05, 3.63) is 35.8 Å². The molecule has 2 rings (SSSR count). The molecule has 0 amide bonds. The second-order valence-corrected chi connectivity index (χ2v) is 3.14. The van der Waals surface area contributed by atoms with Crippen LogP contribution >= 0.6 is 0 Å². The highest BCUT2D eigenvalue weighted by atomic mass is 19.4. The van der Waals surface area contributed by atoms with E-state index >= 15 is 0 Å². The summed E-state index contributed by atoms with van der Waals surface area (Å²) in [6, 6.07) is 3.79. The molecule has 0 fully saturated rings. The number of fused-ring (bicyclic) bond motifs is 1. The molecule has 0 aliphatic carbocycles. The van der Waals surface area contributed by atoms with Crippen molar-refractivity contribution in [1.82, 2.24) is 4.98 Å². The quantitative estimate of drug-likeness (QED) is 0.652. The third-order valence-corrected chi connectivity index (χ3v) is 2.04. The number of pyridine rings is 1. The minimum absolute atomic E-state index is 0.159. The Bertz CT molecular complexity index is 550. The fourth-order valence-electron chi connectivity index (χ4n) is 1.33. The zero-order valence-corrected chi connectivity index (χ0v) is 7.68. The van der Waals surface area contributed by atoms with Crippen LogP contribution in [0.2, 0.25) is 0 Å². The lowest BCUT2D eigenvalue weighted by Gasteiger charge is -2.14. The van der Waals surface area contributed by atoms with Gasteiger partial charge in [0.25, 0.3) is 0 Å². The molecule has 0 saturated carbocycles. The number of hydrogen-bond donors (Lipinski definition) is 0. The van der Waals surface area contributed by atoms with Gasteiger partial charge in [0.1, 0.15) is 17.0 Å². The van der Waals surface area contributed by atoms with Gasteiger partial charge in [-0.1, -0.05) is 17.9 Å². The van der Waals surface area contributed by atoms with E-state index < -0.39 is 29.0 Å². The highest BCUT2D eigenvalue weighted by Gasteiger charge is 2.32. The average Bonchev–Trinajstić information content (AvgIpc) is 2.18. The van der Waals surface area contributed by atoms with Gasteiger partial charge in [-0.3, -0.25) is 0 Å². The van der Waals surface area contributed by atoms with Gasteiger partial charge < -0.3 is 5.11 Å². The summed E-state index contributed by atoms with van der Waals surface area (Å²) < 4.78 is 50.1. The molecule has 1 aromatic heterocycles. The summed E-state index contributed by atoms with van der Waals surface area (Å²) in [6.45, 7) is 0. The van der Waals surface area contributed by atoms with Crippen LogP contribution in [-0.2, 0) is 6.18 Å². The minimum atomic E-state index is -4.75. The number of para-hydroxylation sites is 1. The lowest BCUT2D eigenvalue weighted by Crippen LogP contribution is -2.09. The van der Waals surface area contributed by atoms with Crippen LogP contribution in [0.5, 0.6) is 5.75 Å². The molecule has 2 aromatic rings. The molecule has 0 spiro atoms. The summed E-state index contributed by atoms with van der Waals surface area (Å²) in [5.74, 6) is -1.84. The van der Waals surface area contributed by atoms with Gasteiger partial charge in [0.05, 0.1) is 0 Å². The zero-order chi connectivity index (χ0) is 11.9. The van der Waals surface area contributed by atoms with Crippen LogP contribution in [0, 0.1) is 5.82 Å². The Kier molecular flexibility index (Phi) is 2.22. The first-order chi connectivity index (χ1) is 7.39. The van der Waals surface area contributed by atoms with Crippen LogP contribution in [0.4, 0.5) is 17.6 Å². The first-order valence-electron chi connectivity index (χ1n) is 4.23. The van der Waals surface area contributed by atoms with Gasteiger partial charge in [0.2, 0.25) is 0 Å². The molecule has 0 unspecified atom stereocenters. The van der Waals surface area contributed by atoms with E-state index in [4.69, 9.17) is 0 Å². The molecule has 0 atom stereocenters. The highest BCUT2D eigenvalue weighted by Crippen LogP contribution is 2.32. The van der Waals surface area contributed by atoms with Gasteiger partial charge in [-0.25, -0.2) is 9.37 Å². The maximum absolute atomic E-state index is 13.2.